The Kier molecular flexibility index (Phi) is 3.92. The highest BCUT2D eigenvalue weighted by atomic mass is 16.1. The third kappa shape index (κ3) is 2.70. The summed E-state index contributed by atoms with van der Waals surface area (Å²) in [7, 11) is 0. The molecule has 1 aliphatic carbocycles. The molecule has 4 aromatic rings. The van der Waals surface area contributed by atoms with Crippen LogP contribution in [0.5, 0.6) is 0 Å². The van der Waals surface area contributed by atoms with Crippen molar-refractivity contribution in [2.24, 2.45) is 0 Å². The van der Waals surface area contributed by atoms with E-state index in [1.165, 1.54) is 12.8 Å². The second-order valence-electron chi connectivity index (χ2n) is 7.13. The highest BCUT2D eigenvalue weighted by Gasteiger charge is 2.19. The molecular weight excluding hydrogens is 340 g/mol. The van der Waals surface area contributed by atoms with E-state index in [0.29, 0.717) is 11.3 Å². The third-order valence-electron chi connectivity index (χ3n) is 5.45. The van der Waals surface area contributed by atoms with E-state index in [2.05, 4.69) is 20.3 Å². The molecule has 0 amide bonds. The van der Waals surface area contributed by atoms with Crippen molar-refractivity contribution in [3.05, 3.63) is 53.2 Å². The normalized spacial score (nSPS) is 16.0. The molecule has 0 radical (unpaired) electrons. The quantitative estimate of drug-likeness (QED) is 0.512. The van der Waals surface area contributed by atoms with Gasteiger partial charge in [0.15, 0.2) is 16.8 Å². The summed E-state index contributed by atoms with van der Waals surface area (Å²) >= 11 is 0. The monoisotopic (exact) mass is 360 g/mol. The second kappa shape index (κ2) is 6.57. The number of aromatic nitrogens is 6. The molecule has 3 heterocycles. The molecule has 0 saturated heterocycles. The van der Waals surface area contributed by atoms with Gasteiger partial charge in [-0.1, -0.05) is 56.0 Å². The van der Waals surface area contributed by atoms with E-state index in [4.69, 9.17) is 0 Å². The van der Waals surface area contributed by atoms with Crippen LogP contribution in [0.4, 0.5) is 0 Å². The molecule has 27 heavy (non-hydrogen) atoms. The summed E-state index contributed by atoms with van der Waals surface area (Å²) in [5.41, 5.74) is 3.09. The number of rotatable bonds is 2. The molecule has 0 unspecified atom stereocenters. The van der Waals surface area contributed by atoms with Crippen molar-refractivity contribution >= 4 is 16.8 Å². The molecule has 1 aliphatic rings. The number of benzene rings is 1. The van der Waals surface area contributed by atoms with Crippen LogP contribution in [0.1, 0.15) is 44.6 Å². The van der Waals surface area contributed by atoms with E-state index in [-0.39, 0.29) is 17.1 Å². The zero-order valence-corrected chi connectivity index (χ0v) is 15.0. The first-order valence-electron chi connectivity index (χ1n) is 9.49. The molecular formula is C20H20N6O. The van der Waals surface area contributed by atoms with Crippen LogP contribution in [0.25, 0.3) is 27.9 Å². The van der Waals surface area contributed by atoms with Crippen molar-refractivity contribution < 1.29 is 0 Å². The Bertz CT molecular complexity index is 1160. The van der Waals surface area contributed by atoms with E-state index >= 15 is 0 Å². The summed E-state index contributed by atoms with van der Waals surface area (Å²) in [5.74, 6) is 0. The van der Waals surface area contributed by atoms with Gasteiger partial charge >= 0.3 is 0 Å². The maximum Gasteiger partial charge on any atom is 0.283 e. The lowest BCUT2D eigenvalue weighted by atomic mass is 10.1. The van der Waals surface area contributed by atoms with Gasteiger partial charge in [0.25, 0.3) is 5.56 Å². The number of nitrogens with zero attached hydrogens (tertiary/aromatic N) is 6. The van der Waals surface area contributed by atoms with Crippen LogP contribution < -0.4 is 5.56 Å². The van der Waals surface area contributed by atoms with Gasteiger partial charge in [-0.05, 0) is 18.4 Å². The van der Waals surface area contributed by atoms with Crippen molar-refractivity contribution in [3.8, 4) is 11.1 Å². The van der Waals surface area contributed by atoms with Gasteiger partial charge in [-0.2, -0.15) is 9.61 Å². The molecule has 0 N–H and O–H groups in total. The van der Waals surface area contributed by atoms with Gasteiger partial charge in [0, 0.05) is 11.6 Å². The van der Waals surface area contributed by atoms with Crippen molar-refractivity contribution in [1.29, 1.82) is 0 Å². The SMILES string of the molecule is O=c1c2nnc3c(-c4ccccc4)cnn3c2ncn1C1CCCCCC1. The highest BCUT2D eigenvalue weighted by Crippen LogP contribution is 2.27. The Morgan fingerprint density at radius 1 is 0.926 bits per heavy atom. The van der Waals surface area contributed by atoms with Crippen LogP contribution in [0, 0.1) is 0 Å². The first-order chi connectivity index (χ1) is 13.3. The Morgan fingerprint density at radius 2 is 1.70 bits per heavy atom. The molecule has 1 aromatic carbocycles. The predicted octanol–water partition coefficient (Wildman–Crippen LogP) is 3.40. The lowest BCUT2D eigenvalue weighted by Crippen LogP contribution is -2.26. The van der Waals surface area contributed by atoms with Gasteiger partial charge in [0.2, 0.25) is 0 Å². The topological polar surface area (TPSA) is 78.0 Å². The van der Waals surface area contributed by atoms with Crippen LogP contribution in [0.2, 0.25) is 0 Å². The van der Waals surface area contributed by atoms with Crippen LogP contribution in [0.15, 0.2) is 47.7 Å². The Balaban J connectivity index is 1.66. The average Bonchev–Trinajstić information content (AvgIpc) is 2.96. The lowest BCUT2D eigenvalue weighted by Gasteiger charge is -2.17. The molecule has 1 saturated carbocycles. The van der Waals surface area contributed by atoms with Gasteiger partial charge in [-0.15, -0.1) is 10.2 Å². The van der Waals surface area contributed by atoms with E-state index in [1.807, 2.05) is 30.3 Å². The standard InChI is InChI=1S/C20H20N6O/c27-20-17-19(21-13-25(20)15-10-6-1-2-7-11-15)26-18(24-23-17)16(12-22-26)14-8-4-3-5-9-14/h3-5,8-9,12-13,15H,1-2,6-7,10-11H2. The zero-order valence-electron chi connectivity index (χ0n) is 15.0. The molecule has 136 valence electrons. The average molecular weight is 360 g/mol. The molecule has 5 rings (SSSR count). The molecule has 0 atom stereocenters. The van der Waals surface area contributed by atoms with Gasteiger partial charge < -0.3 is 0 Å². The lowest BCUT2D eigenvalue weighted by molar-refractivity contribution is 0.429. The first-order valence-corrected chi connectivity index (χ1v) is 9.49. The molecule has 0 aliphatic heterocycles. The fraction of sp³-hybridized carbons (Fsp3) is 0.350. The predicted molar refractivity (Wildman–Crippen MR) is 103 cm³/mol. The largest absolute Gasteiger partial charge is 0.294 e. The molecule has 7 nitrogen and oxygen atoms in total. The summed E-state index contributed by atoms with van der Waals surface area (Å²) in [4.78, 5) is 17.6. The molecule has 0 spiro atoms. The minimum atomic E-state index is -0.127. The van der Waals surface area contributed by atoms with Gasteiger partial charge in [0.1, 0.15) is 6.33 Å². The highest BCUT2D eigenvalue weighted by molar-refractivity contribution is 5.80. The van der Waals surface area contributed by atoms with E-state index in [9.17, 15) is 4.79 Å². The number of hydrogen-bond donors (Lipinski definition) is 0. The Hall–Kier alpha value is -3.09. The second-order valence-corrected chi connectivity index (χ2v) is 7.13. The minimum Gasteiger partial charge on any atom is -0.294 e. The minimum absolute atomic E-state index is 0.127. The van der Waals surface area contributed by atoms with Gasteiger partial charge in [-0.3, -0.25) is 9.36 Å². The first kappa shape index (κ1) is 16.1. The van der Waals surface area contributed by atoms with Gasteiger partial charge in [0.05, 0.1) is 6.20 Å². The summed E-state index contributed by atoms with van der Waals surface area (Å²) in [6, 6.07) is 10.1. The van der Waals surface area contributed by atoms with Crippen LogP contribution >= 0.6 is 0 Å². The maximum absolute atomic E-state index is 13.0. The van der Waals surface area contributed by atoms with E-state index in [0.717, 1.165) is 36.8 Å². The van der Waals surface area contributed by atoms with Gasteiger partial charge in [-0.25, -0.2) is 4.98 Å². The Labute approximate surface area is 155 Å². The fourth-order valence-electron chi connectivity index (χ4n) is 4.00. The summed E-state index contributed by atoms with van der Waals surface area (Å²) in [5, 5.41) is 13.0. The summed E-state index contributed by atoms with van der Waals surface area (Å²) in [6.45, 7) is 0. The number of fused-ring (bicyclic) bond motifs is 3. The van der Waals surface area contributed by atoms with E-state index in [1.54, 1.807) is 21.6 Å². The van der Waals surface area contributed by atoms with Crippen molar-refractivity contribution in [1.82, 2.24) is 29.4 Å². The zero-order chi connectivity index (χ0) is 18.2. The van der Waals surface area contributed by atoms with E-state index < -0.39 is 0 Å². The maximum atomic E-state index is 13.0. The van der Waals surface area contributed by atoms with Crippen molar-refractivity contribution in [2.45, 2.75) is 44.6 Å². The summed E-state index contributed by atoms with van der Waals surface area (Å²) < 4.78 is 3.36. The molecule has 3 aromatic heterocycles. The molecule has 0 bridgehead atoms. The van der Waals surface area contributed by atoms with Crippen molar-refractivity contribution in [3.63, 3.8) is 0 Å². The van der Waals surface area contributed by atoms with Crippen LogP contribution in [-0.4, -0.2) is 29.4 Å². The summed E-state index contributed by atoms with van der Waals surface area (Å²) in [6.07, 6.45) is 10.2. The molecule has 7 heteroatoms. The number of hydrogen-bond acceptors (Lipinski definition) is 5. The smallest absolute Gasteiger partial charge is 0.283 e. The van der Waals surface area contributed by atoms with Crippen LogP contribution in [0.3, 0.4) is 0 Å². The molecule has 1 fully saturated rings. The van der Waals surface area contributed by atoms with Crippen LogP contribution in [-0.2, 0) is 0 Å². The van der Waals surface area contributed by atoms with Crippen molar-refractivity contribution in [2.75, 3.05) is 0 Å². The Morgan fingerprint density at radius 3 is 2.48 bits per heavy atom. The third-order valence-corrected chi connectivity index (χ3v) is 5.45. The fourth-order valence-corrected chi connectivity index (χ4v) is 4.00.